The molecule has 0 aliphatic heterocycles. The van der Waals surface area contributed by atoms with Crippen molar-refractivity contribution in [2.75, 3.05) is 5.75 Å². The van der Waals surface area contributed by atoms with Gasteiger partial charge in [0.2, 0.25) is 5.91 Å². The van der Waals surface area contributed by atoms with Crippen LogP contribution in [-0.4, -0.2) is 26.4 Å². The molecule has 30 heavy (non-hydrogen) atoms. The summed E-state index contributed by atoms with van der Waals surface area (Å²) in [5.74, 6) is 1.61. The first-order valence-electron chi connectivity index (χ1n) is 9.64. The van der Waals surface area contributed by atoms with E-state index in [1.807, 2.05) is 80.9 Å². The van der Waals surface area contributed by atoms with Crippen molar-refractivity contribution in [2.24, 2.45) is 7.05 Å². The number of hydrogen-bond donors (Lipinski definition) is 1. The van der Waals surface area contributed by atoms with Gasteiger partial charge >= 0.3 is 0 Å². The molecule has 1 N–H and O–H groups in total. The zero-order chi connectivity index (χ0) is 21.7. The highest BCUT2D eigenvalue weighted by Crippen LogP contribution is 2.26. The van der Waals surface area contributed by atoms with Crippen LogP contribution < -0.4 is 10.1 Å². The van der Waals surface area contributed by atoms with Gasteiger partial charge in [0.25, 0.3) is 0 Å². The Morgan fingerprint density at radius 1 is 1.20 bits per heavy atom. The lowest BCUT2D eigenvalue weighted by atomic mass is 10.1. The molecular weight excluding hydrogens is 420 g/mol. The number of nitrogens with one attached hydrogen (secondary N) is 1. The predicted octanol–water partition coefficient (Wildman–Crippen LogP) is 4.89. The summed E-state index contributed by atoms with van der Waals surface area (Å²) in [6, 6.07) is 15.4. The first-order chi connectivity index (χ1) is 14.3. The molecule has 0 fully saturated rings. The van der Waals surface area contributed by atoms with E-state index in [2.05, 4.69) is 15.5 Å². The van der Waals surface area contributed by atoms with Crippen LogP contribution in [0.3, 0.4) is 0 Å². The Hall–Kier alpha value is -2.51. The maximum atomic E-state index is 12.3. The molecule has 1 heterocycles. The number of hydrogen-bond acceptors (Lipinski definition) is 5. The Bertz CT molecular complexity index is 1010. The SMILES string of the molecule is Cc1cc(OC(C)c2nnc(SCC(=O)NC(C)c3ccccc3)n2C)ccc1Cl. The minimum Gasteiger partial charge on any atom is -0.483 e. The van der Waals surface area contributed by atoms with Crippen molar-refractivity contribution in [3.05, 3.63) is 70.5 Å². The lowest BCUT2D eigenvalue weighted by Gasteiger charge is -2.15. The fourth-order valence-corrected chi connectivity index (χ4v) is 3.84. The fourth-order valence-electron chi connectivity index (χ4n) is 2.99. The van der Waals surface area contributed by atoms with Gasteiger partial charge in [0.1, 0.15) is 5.75 Å². The number of benzene rings is 2. The highest BCUT2D eigenvalue weighted by atomic mass is 35.5. The molecule has 3 rings (SSSR count). The van der Waals surface area contributed by atoms with E-state index in [0.29, 0.717) is 16.0 Å². The van der Waals surface area contributed by atoms with Gasteiger partial charge in [-0.1, -0.05) is 53.7 Å². The summed E-state index contributed by atoms with van der Waals surface area (Å²) in [6.07, 6.45) is -0.302. The molecule has 2 aromatic carbocycles. The number of halogens is 1. The minimum absolute atomic E-state index is 0.0504. The average molecular weight is 445 g/mol. The lowest BCUT2D eigenvalue weighted by Crippen LogP contribution is -2.28. The molecule has 0 spiro atoms. The molecule has 8 heteroatoms. The van der Waals surface area contributed by atoms with E-state index in [9.17, 15) is 4.79 Å². The number of aryl methyl sites for hydroxylation is 1. The van der Waals surface area contributed by atoms with Gasteiger partial charge in [0.05, 0.1) is 11.8 Å². The van der Waals surface area contributed by atoms with Crippen LogP contribution >= 0.6 is 23.4 Å². The second-order valence-electron chi connectivity index (χ2n) is 7.06. The highest BCUT2D eigenvalue weighted by Gasteiger charge is 2.19. The summed E-state index contributed by atoms with van der Waals surface area (Å²) >= 11 is 7.42. The molecule has 1 aromatic heterocycles. The summed E-state index contributed by atoms with van der Waals surface area (Å²) in [5.41, 5.74) is 2.02. The van der Waals surface area contributed by atoms with Crippen LogP contribution in [0.5, 0.6) is 5.75 Å². The Balaban J connectivity index is 1.56. The van der Waals surface area contributed by atoms with E-state index in [1.54, 1.807) is 0 Å². The Morgan fingerprint density at radius 3 is 2.63 bits per heavy atom. The van der Waals surface area contributed by atoms with Gasteiger partial charge in [-0.3, -0.25) is 4.79 Å². The quantitative estimate of drug-likeness (QED) is 0.501. The molecule has 0 saturated heterocycles. The molecule has 6 nitrogen and oxygen atoms in total. The smallest absolute Gasteiger partial charge is 0.230 e. The van der Waals surface area contributed by atoms with E-state index >= 15 is 0 Å². The summed E-state index contributed by atoms with van der Waals surface area (Å²) in [4.78, 5) is 12.3. The molecule has 0 bridgehead atoms. The maximum Gasteiger partial charge on any atom is 0.230 e. The molecule has 2 atom stereocenters. The van der Waals surface area contributed by atoms with Gasteiger partial charge in [-0.25, -0.2) is 0 Å². The monoisotopic (exact) mass is 444 g/mol. The molecule has 1 amide bonds. The van der Waals surface area contributed by atoms with Crippen LogP contribution in [0.25, 0.3) is 0 Å². The van der Waals surface area contributed by atoms with Crippen LogP contribution in [0, 0.1) is 6.92 Å². The van der Waals surface area contributed by atoms with Gasteiger partial charge < -0.3 is 14.6 Å². The number of ether oxygens (including phenoxy) is 1. The number of carbonyl (C=O) groups excluding carboxylic acids is 1. The van der Waals surface area contributed by atoms with E-state index < -0.39 is 0 Å². The number of rotatable bonds is 8. The molecular formula is C22H25ClN4O2S. The van der Waals surface area contributed by atoms with Crippen LogP contribution in [-0.2, 0) is 11.8 Å². The predicted molar refractivity (Wildman–Crippen MR) is 120 cm³/mol. The Morgan fingerprint density at radius 2 is 1.93 bits per heavy atom. The topological polar surface area (TPSA) is 69.0 Å². The van der Waals surface area contributed by atoms with Crippen molar-refractivity contribution in [3.63, 3.8) is 0 Å². The fraction of sp³-hybridized carbons (Fsp3) is 0.318. The van der Waals surface area contributed by atoms with Crippen molar-refractivity contribution in [1.29, 1.82) is 0 Å². The average Bonchev–Trinajstić information content (AvgIpc) is 3.10. The Kier molecular flexibility index (Phi) is 7.39. The lowest BCUT2D eigenvalue weighted by molar-refractivity contribution is -0.119. The van der Waals surface area contributed by atoms with Crippen molar-refractivity contribution < 1.29 is 9.53 Å². The summed E-state index contributed by atoms with van der Waals surface area (Å²) < 4.78 is 7.84. The maximum absolute atomic E-state index is 12.3. The molecule has 3 aromatic rings. The van der Waals surface area contributed by atoms with Gasteiger partial charge in [-0.15, -0.1) is 10.2 Å². The molecule has 0 aliphatic carbocycles. The van der Waals surface area contributed by atoms with Gasteiger partial charge in [-0.2, -0.15) is 0 Å². The van der Waals surface area contributed by atoms with Gasteiger partial charge in [-0.05, 0) is 50.1 Å². The van der Waals surface area contributed by atoms with E-state index in [4.69, 9.17) is 16.3 Å². The van der Waals surface area contributed by atoms with Gasteiger partial charge in [0.15, 0.2) is 17.1 Å². The minimum atomic E-state index is -0.302. The number of carbonyl (C=O) groups is 1. The molecule has 0 aliphatic rings. The van der Waals surface area contributed by atoms with E-state index in [1.165, 1.54) is 11.8 Å². The second-order valence-corrected chi connectivity index (χ2v) is 8.41. The third-order valence-electron chi connectivity index (χ3n) is 4.68. The Labute approximate surface area is 186 Å². The third kappa shape index (κ3) is 5.55. The van der Waals surface area contributed by atoms with Crippen molar-refractivity contribution >= 4 is 29.3 Å². The second kappa shape index (κ2) is 10.00. The summed E-state index contributed by atoms with van der Waals surface area (Å²) in [5, 5.41) is 12.8. The van der Waals surface area contributed by atoms with Crippen LogP contribution in [0.15, 0.2) is 53.7 Å². The van der Waals surface area contributed by atoms with Crippen LogP contribution in [0.2, 0.25) is 5.02 Å². The highest BCUT2D eigenvalue weighted by molar-refractivity contribution is 7.99. The molecule has 158 valence electrons. The summed E-state index contributed by atoms with van der Waals surface area (Å²) in [6.45, 7) is 5.81. The number of nitrogens with zero attached hydrogens (tertiary/aromatic N) is 3. The van der Waals surface area contributed by atoms with E-state index in [-0.39, 0.29) is 23.8 Å². The largest absolute Gasteiger partial charge is 0.483 e. The van der Waals surface area contributed by atoms with E-state index in [0.717, 1.165) is 16.9 Å². The normalized spacial score (nSPS) is 13.0. The zero-order valence-electron chi connectivity index (χ0n) is 17.4. The van der Waals surface area contributed by atoms with Crippen LogP contribution in [0.4, 0.5) is 0 Å². The van der Waals surface area contributed by atoms with Crippen molar-refractivity contribution in [1.82, 2.24) is 20.1 Å². The zero-order valence-corrected chi connectivity index (χ0v) is 19.0. The number of amides is 1. The molecule has 0 radical (unpaired) electrons. The molecule has 2 unspecified atom stereocenters. The van der Waals surface area contributed by atoms with Gasteiger partial charge in [0, 0.05) is 12.1 Å². The number of thioether (sulfide) groups is 1. The third-order valence-corrected chi connectivity index (χ3v) is 6.13. The standard InChI is InChI=1S/C22H25ClN4O2S/c1-14-12-18(10-11-19(14)23)29-16(3)21-25-26-22(27(21)4)30-13-20(28)24-15(2)17-8-6-5-7-9-17/h5-12,15-16H,13H2,1-4H3,(H,24,28). The first-order valence-corrected chi connectivity index (χ1v) is 11.0. The first kappa shape index (κ1) is 22.2. The van der Waals surface area contributed by atoms with Crippen molar-refractivity contribution in [2.45, 2.75) is 38.1 Å². The van der Waals surface area contributed by atoms with Crippen molar-refractivity contribution in [3.8, 4) is 5.75 Å². The van der Waals surface area contributed by atoms with Crippen LogP contribution in [0.1, 0.15) is 42.9 Å². The summed E-state index contributed by atoms with van der Waals surface area (Å²) in [7, 11) is 1.87. The number of aromatic nitrogens is 3. The molecule has 0 saturated carbocycles.